The summed E-state index contributed by atoms with van der Waals surface area (Å²) in [6, 6.07) is 15.3. The number of anilines is 1. The molecule has 0 aliphatic carbocycles. The molecule has 126 valence electrons. The molecule has 2 N–H and O–H groups in total. The van der Waals surface area contributed by atoms with Crippen molar-refractivity contribution in [3.63, 3.8) is 0 Å². The molecular formula is C20H18N2O3. The quantitative estimate of drug-likeness (QED) is 0.581. The van der Waals surface area contributed by atoms with Gasteiger partial charge in [-0.25, -0.2) is 0 Å². The summed E-state index contributed by atoms with van der Waals surface area (Å²) in [5.41, 5.74) is 11.0. The molecule has 0 atom stereocenters. The monoisotopic (exact) mass is 334 g/mol. The number of para-hydroxylation sites is 1. The van der Waals surface area contributed by atoms with Crippen molar-refractivity contribution in [3.05, 3.63) is 59.8 Å². The van der Waals surface area contributed by atoms with Gasteiger partial charge in [0.15, 0.2) is 17.3 Å². The minimum Gasteiger partial charge on any atom is -0.454 e. The molecule has 0 fully saturated rings. The summed E-state index contributed by atoms with van der Waals surface area (Å²) in [5, 5.41) is 0. The van der Waals surface area contributed by atoms with E-state index in [4.69, 9.17) is 15.2 Å². The molecule has 0 saturated heterocycles. The molecule has 1 aliphatic heterocycles. The molecule has 1 aliphatic rings. The fourth-order valence-corrected chi connectivity index (χ4v) is 3.25. The molecule has 0 spiro atoms. The summed E-state index contributed by atoms with van der Waals surface area (Å²) in [7, 11) is 0. The molecule has 3 aromatic rings. The Balaban J connectivity index is 1.98. The predicted molar refractivity (Wildman–Crippen MR) is 96.5 cm³/mol. The lowest BCUT2D eigenvalue weighted by atomic mass is 10.1. The first-order valence-corrected chi connectivity index (χ1v) is 8.04. The number of carbonyl (C=O) groups is 1. The topological polar surface area (TPSA) is 66.5 Å². The van der Waals surface area contributed by atoms with Crippen molar-refractivity contribution in [1.82, 2.24) is 4.57 Å². The maximum absolute atomic E-state index is 12.1. The van der Waals surface area contributed by atoms with Crippen LogP contribution in [0.5, 0.6) is 11.5 Å². The van der Waals surface area contributed by atoms with Crippen LogP contribution in [-0.2, 0) is 0 Å². The Morgan fingerprint density at radius 1 is 1.08 bits per heavy atom. The third kappa shape index (κ3) is 2.45. The summed E-state index contributed by atoms with van der Waals surface area (Å²) < 4.78 is 12.9. The molecular weight excluding hydrogens is 316 g/mol. The Kier molecular flexibility index (Phi) is 3.50. The Bertz CT molecular complexity index is 989. The van der Waals surface area contributed by atoms with Crippen LogP contribution >= 0.6 is 0 Å². The van der Waals surface area contributed by atoms with Crippen molar-refractivity contribution in [2.45, 2.75) is 13.8 Å². The second-order valence-electron chi connectivity index (χ2n) is 6.05. The van der Waals surface area contributed by atoms with E-state index in [2.05, 4.69) is 0 Å². The lowest BCUT2D eigenvalue weighted by molar-refractivity contribution is 0.101. The molecule has 0 amide bonds. The van der Waals surface area contributed by atoms with Gasteiger partial charge in [0.1, 0.15) is 0 Å². The summed E-state index contributed by atoms with van der Waals surface area (Å²) in [6.07, 6.45) is 0. The molecule has 4 rings (SSSR count). The summed E-state index contributed by atoms with van der Waals surface area (Å²) in [4.78, 5) is 12.1. The van der Waals surface area contributed by atoms with Gasteiger partial charge in [-0.2, -0.15) is 0 Å². The highest BCUT2D eigenvalue weighted by atomic mass is 16.7. The summed E-state index contributed by atoms with van der Waals surface area (Å²) >= 11 is 0. The van der Waals surface area contributed by atoms with E-state index < -0.39 is 0 Å². The van der Waals surface area contributed by atoms with Gasteiger partial charge in [0, 0.05) is 34.3 Å². The number of hydrogen-bond acceptors (Lipinski definition) is 4. The number of nitrogens with two attached hydrogens (primary N) is 1. The van der Waals surface area contributed by atoms with E-state index in [1.54, 1.807) is 6.92 Å². The average molecular weight is 334 g/mol. The van der Waals surface area contributed by atoms with E-state index in [0.717, 1.165) is 28.4 Å². The van der Waals surface area contributed by atoms with E-state index >= 15 is 0 Å². The highest BCUT2D eigenvalue weighted by Crippen LogP contribution is 2.37. The zero-order valence-electron chi connectivity index (χ0n) is 14.1. The number of carbonyl (C=O) groups excluding carboxylic acids is 1. The van der Waals surface area contributed by atoms with Crippen molar-refractivity contribution in [2.75, 3.05) is 12.5 Å². The van der Waals surface area contributed by atoms with Crippen LogP contribution in [0.4, 0.5) is 5.69 Å². The minimum atomic E-state index is 0.0211. The average Bonchev–Trinajstić information content (AvgIpc) is 3.18. The number of benzene rings is 2. The smallest absolute Gasteiger partial charge is 0.231 e. The van der Waals surface area contributed by atoms with Gasteiger partial charge in [0.2, 0.25) is 6.79 Å². The molecule has 0 bridgehead atoms. The normalized spacial score (nSPS) is 12.4. The zero-order valence-corrected chi connectivity index (χ0v) is 14.1. The van der Waals surface area contributed by atoms with Crippen molar-refractivity contribution >= 4 is 11.5 Å². The Hall–Kier alpha value is -3.21. The van der Waals surface area contributed by atoms with Gasteiger partial charge in [0.25, 0.3) is 0 Å². The lowest BCUT2D eigenvalue weighted by Crippen LogP contribution is -2.02. The number of nitrogens with zero attached hydrogens (tertiary/aromatic N) is 1. The summed E-state index contributed by atoms with van der Waals surface area (Å²) in [6.45, 7) is 3.73. The van der Waals surface area contributed by atoms with Crippen LogP contribution in [0, 0.1) is 6.92 Å². The number of Topliss-reactive ketones (excluding diaryl/α,β-unsaturated/α-hetero) is 1. The Labute approximate surface area is 145 Å². The van der Waals surface area contributed by atoms with Gasteiger partial charge < -0.3 is 19.8 Å². The van der Waals surface area contributed by atoms with Crippen molar-refractivity contribution in [3.8, 4) is 28.4 Å². The number of ether oxygens (including phenoxy) is 2. The molecule has 0 unspecified atom stereocenters. The lowest BCUT2D eigenvalue weighted by Gasteiger charge is -2.14. The second kappa shape index (κ2) is 5.70. The molecule has 5 nitrogen and oxygen atoms in total. The van der Waals surface area contributed by atoms with E-state index in [-0.39, 0.29) is 12.6 Å². The maximum Gasteiger partial charge on any atom is 0.231 e. The number of nitrogen functional groups attached to an aromatic ring is 1. The number of ketones is 1. The predicted octanol–water partition coefficient (Wildman–Crippen LogP) is 3.97. The molecule has 1 aromatic heterocycles. The molecule has 2 heterocycles. The number of fused-ring (bicyclic) bond motifs is 1. The van der Waals surface area contributed by atoms with Crippen LogP contribution in [-0.4, -0.2) is 17.1 Å². The first kappa shape index (κ1) is 15.3. The second-order valence-corrected chi connectivity index (χ2v) is 6.05. The SMILES string of the molecule is CC(=O)c1cc(-c2ccccc2N)n(-c2ccc3c(c2)OCO3)c1C. The molecule has 2 aromatic carbocycles. The standard InChI is InChI=1S/C20H18N2O3/c1-12-16(13(2)23)10-18(15-5-3-4-6-17(15)21)22(12)14-7-8-19-20(9-14)25-11-24-19/h3-10H,11,21H2,1-2H3. The Morgan fingerprint density at radius 3 is 2.60 bits per heavy atom. The number of hydrogen-bond donors (Lipinski definition) is 1. The van der Waals surface area contributed by atoms with Crippen molar-refractivity contribution in [2.24, 2.45) is 0 Å². The highest BCUT2D eigenvalue weighted by molar-refractivity contribution is 5.97. The van der Waals surface area contributed by atoms with E-state index in [0.29, 0.717) is 17.0 Å². The number of rotatable bonds is 3. The van der Waals surface area contributed by atoms with Crippen LogP contribution < -0.4 is 15.2 Å². The zero-order chi connectivity index (χ0) is 17.6. The molecule has 25 heavy (non-hydrogen) atoms. The molecule has 5 heteroatoms. The van der Waals surface area contributed by atoms with Gasteiger partial charge in [-0.1, -0.05) is 18.2 Å². The van der Waals surface area contributed by atoms with Crippen molar-refractivity contribution < 1.29 is 14.3 Å². The van der Waals surface area contributed by atoms with Crippen LogP contribution in [0.3, 0.4) is 0 Å². The van der Waals surface area contributed by atoms with Crippen LogP contribution in [0.25, 0.3) is 16.9 Å². The molecule has 0 radical (unpaired) electrons. The number of aromatic nitrogens is 1. The minimum absolute atomic E-state index is 0.0211. The third-order valence-electron chi connectivity index (χ3n) is 4.48. The van der Waals surface area contributed by atoms with Gasteiger partial charge >= 0.3 is 0 Å². The first-order valence-electron chi connectivity index (χ1n) is 8.04. The fourth-order valence-electron chi connectivity index (χ4n) is 3.25. The summed E-state index contributed by atoms with van der Waals surface area (Å²) in [5.74, 6) is 1.44. The van der Waals surface area contributed by atoms with Crippen LogP contribution in [0.2, 0.25) is 0 Å². The van der Waals surface area contributed by atoms with Gasteiger partial charge in [0.05, 0.1) is 5.69 Å². The molecule has 0 saturated carbocycles. The maximum atomic E-state index is 12.1. The van der Waals surface area contributed by atoms with E-state index in [1.165, 1.54) is 0 Å². The van der Waals surface area contributed by atoms with Gasteiger partial charge in [-0.15, -0.1) is 0 Å². The fraction of sp³-hybridized carbons (Fsp3) is 0.150. The first-order chi connectivity index (χ1) is 12.1. The van der Waals surface area contributed by atoms with E-state index in [9.17, 15) is 4.79 Å². The van der Waals surface area contributed by atoms with E-state index in [1.807, 2.05) is 60.0 Å². The Morgan fingerprint density at radius 2 is 1.84 bits per heavy atom. The van der Waals surface area contributed by atoms with Gasteiger partial charge in [-0.05, 0) is 38.1 Å². The highest BCUT2D eigenvalue weighted by Gasteiger charge is 2.21. The van der Waals surface area contributed by atoms with Gasteiger partial charge in [-0.3, -0.25) is 4.79 Å². The van der Waals surface area contributed by atoms with Crippen LogP contribution in [0.15, 0.2) is 48.5 Å². The van der Waals surface area contributed by atoms with Crippen LogP contribution in [0.1, 0.15) is 23.0 Å². The largest absolute Gasteiger partial charge is 0.454 e. The third-order valence-corrected chi connectivity index (χ3v) is 4.48. The van der Waals surface area contributed by atoms with Crippen molar-refractivity contribution in [1.29, 1.82) is 0 Å².